The number of hydrogen-bond acceptors (Lipinski definition) is 1. The summed E-state index contributed by atoms with van der Waals surface area (Å²) in [6.45, 7) is 5.85. The summed E-state index contributed by atoms with van der Waals surface area (Å²) in [5.74, 6) is 0.968. The monoisotopic (exact) mass is 504 g/mol. The average molecular weight is 504 g/mol. The summed E-state index contributed by atoms with van der Waals surface area (Å²) >= 11 is 0. The molecule has 214 valence electrons. The van der Waals surface area contributed by atoms with Gasteiger partial charge in [0.05, 0.1) is 0 Å². The van der Waals surface area contributed by atoms with E-state index in [1.54, 1.807) is 0 Å². The molecule has 0 aliphatic heterocycles. The van der Waals surface area contributed by atoms with Crippen molar-refractivity contribution in [3.8, 4) is 0 Å². The third-order valence-corrected chi connectivity index (χ3v) is 7.76. The number of allylic oxidation sites excluding steroid dienone is 4. The molecule has 0 heterocycles. The second kappa shape index (κ2) is 30.7. The minimum Gasteiger partial charge on any atom is -0.309 e. The van der Waals surface area contributed by atoms with Gasteiger partial charge in [-0.1, -0.05) is 160 Å². The maximum absolute atomic E-state index is 2.40. The molecule has 1 unspecified atom stereocenters. The van der Waals surface area contributed by atoms with E-state index in [-0.39, 0.29) is 0 Å². The quantitative estimate of drug-likeness (QED) is 0.0724. The summed E-state index contributed by atoms with van der Waals surface area (Å²) in [6, 6.07) is 0. The van der Waals surface area contributed by atoms with Crippen LogP contribution < -0.4 is 0 Å². The van der Waals surface area contributed by atoms with Gasteiger partial charge < -0.3 is 4.90 Å². The van der Waals surface area contributed by atoms with Gasteiger partial charge in [0.2, 0.25) is 0 Å². The van der Waals surface area contributed by atoms with Gasteiger partial charge in [0, 0.05) is 0 Å². The molecule has 0 aromatic heterocycles. The van der Waals surface area contributed by atoms with E-state index >= 15 is 0 Å². The lowest BCUT2D eigenvalue weighted by Crippen LogP contribution is -2.17. The molecule has 0 fully saturated rings. The molecular weight excluding hydrogens is 434 g/mol. The van der Waals surface area contributed by atoms with Gasteiger partial charge in [0.25, 0.3) is 0 Å². The molecule has 0 rings (SSSR count). The first-order chi connectivity index (χ1) is 17.7. The van der Waals surface area contributed by atoms with Gasteiger partial charge in [-0.3, -0.25) is 0 Å². The van der Waals surface area contributed by atoms with Gasteiger partial charge in [0.1, 0.15) is 0 Å². The van der Waals surface area contributed by atoms with Crippen LogP contribution in [0.25, 0.3) is 0 Å². The average Bonchev–Trinajstić information content (AvgIpc) is 2.87. The smallest absolute Gasteiger partial charge is 0.00222 e. The Kier molecular flexibility index (Phi) is 30.2. The van der Waals surface area contributed by atoms with Crippen molar-refractivity contribution in [1.82, 2.24) is 4.90 Å². The van der Waals surface area contributed by atoms with Gasteiger partial charge in [-0.15, -0.1) is 0 Å². The third-order valence-electron chi connectivity index (χ3n) is 7.76. The number of nitrogens with zero attached hydrogens (tertiary/aromatic N) is 1. The first kappa shape index (κ1) is 35.4. The first-order valence-electron chi connectivity index (χ1n) is 16.6. The Balaban J connectivity index is 3.63. The lowest BCUT2D eigenvalue weighted by Gasteiger charge is -2.19. The maximum atomic E-state index is 2.40. The number of unbranched alkanes of at least 4 members (excludes halogenated alkanes) is 18. The van der Waals surface area contributed by atoms with Gasteiger partial charge in [-0.2, -0.15) is 0 Å². The topological polar surface area (TPSA) is 3.24 Å². The second-order valence-electron chi connectivity index (χ2n) is 11.8. The van der Waals surface area contributed by atoms with E-state index < -0.39 is 0 Å². The van der Waals surface area contributed by atoms with Crippen LogP contribution in [-0.4, -0.2) is 25.5 Å². The summed E-state index contributed by atoms with van der Waals surface area (Å²) in [4.78, 5) is 2.38. The van der Waals surface area contributed by atoms with Crippen LogP contribution in [0.15, 0.2) is 24.3 Å². The standard InChI is InChI=1S/C35H69N/c1-5-7-9-11-13-15-16-17-18-19-20-21-22-24-26-28-30-32-35(33-34-36(3)4)31-29-27-25-23-14-12-10-8-6-2/h13,15,17-18,35H,5-12,14,16,19-34H2,1-4H3/b15-13-,18-17-. The minimum atomic E-state index is 0.968. The molecule has 0 aromatic rings. The molecule has 0 aliphatic rings. The minimum absolute atomic E-state index is 0.968. The maximum Gasteiger partial charge on any atom is -0.00222 e. The molecule has 1 heteroatoms. The highest BCUT2D eigenvalue weighted by Crippen LogP contribution is 2.22. The van der Waals surface area contributed by atoms with Gasteiger partial charge in [-0.05, 0) is 65.1 Å². The van der Waals surface area contributed by atoms with E-state index in [1.165, 1.54) is 161 Å². The van der Waals surface area contributed by atoms with Crippen LogP contribution in [-0.2, 0) is 0 Å². The Morgan fingerprint density at radius 2 is 0.833 bits per heavy atom. The fraction of sp³-hybridized carbons (Fsp3) is 0.886. The van der Waals surface area contributed by atoms with Crippen LogP contribution in [0.2, 0.25) is 0 Å². The lowest BCUT2D eigenvalue weighted by molar-refractivity contribution is 0.314. The largest absolute Gasteiger partial charge is 0.309 e. The van der Waals surface area contributed by atoms with Crippen LogP contribution >= 0.6 is 0 Å². The highest BCUT2D eigenvalue weighted by Gasteiger charge is 2.09. The summed E-state index contributed by atoms with van der Waals surface area (Å²) in [7, 11) is 4.47. The summed E-state index contributed by atoms with van der Waals surface area (Å²) in [6.07, 6.45) is 44.7. The van der Waals surface area contributed by atoms with Crippen molar-refractivity contribution in [3.63, 3.8) is 0 Å². The summed E-state index contributed by atoms with van der Waals surface area (Å²) < 4.78 is 0. The molecule has 0 radical (unpaired) electrons. The van der Waals surface area contributed by atoms with Gasteiger partial charge in [0.15, 0.2) is 0 Å². The van der Waals surface area contributed by atoms with E-state index in [0.29, 0.717) is 0 Å². The first-order valence-corrected chi connectivity index (χ1v) is 16.6. The zero-order valence-corrected chi connectivity index (χ0v) is 25.7. The van der Waals surface area contributed by atoms with Crippen molar-refractivity contribution in [2.45, 2.75) is 174 Å². The van der Waals surface area contributed by atoms with Crippen molar-refractivity contribution in [2.75, 3.05) is 20.6 Å². The fourth-order valence-electron chi connectivity index (χ4n) is 5.22. The van der Waals surface area contributed by atoms with Crippen molar-refractivity contribution in [2.24, 2.45) is 5.92 Å². The molecule has 0 N–H and O–H groups in total. The number of hydrogen-bond donors (Lipinski definition) is 0. The molecule has 0 spiro atoms. The highest BCUT2D eigenvalue weighted by molar-refractivity contribution is 4.92. The van der Waals surface area contributed by atoms with Crippen LogP contribution in [0.5, 0.6) is 0 Å². The molecule has 1 atom stereocenters. The van der Waals surface area contributed by atoms with Crippen molar-refractivity contribution in [1.29, 1.82) is 0 Å². The SMILES string of the molecule is CCCCC/C=C\C/C=C\CCCCCCCCCC(CCCCCCCCCCC)CCN(C)C. The predicted octanol–water partition coefficient (Wildman–Crippen LogP) is 12.1. The van der Waals surface area contributed by atoms with Crippen LogP contribution in [0.1, 0.15) is 174 Å². The van der Waals surface area contributed by atoms with Crippen LogP contribution in [0.3, 0.4) is 0 Å². The van der Waals surface area contributed by atoms with Gasteiger partial charge in [-0.25, -0.2) is 0 Å². The predicted molar refractivity (Wildman–Crippen MR) is 167 cm³/mol. The molecule has 0 aromatic carbocycles. The van der Waals surface area contributed by atoms with Gasteiger partial charge >= 0.3 is 0 Å². The van der Waals surface area contributed by atoms with E-state index in [4.69, 9.17) is 0 Å². The van der Waals surface area contributed by atoms with Crippen molar-refractivity contribution in [3.05, 3.63) is 24.3 Å². The Morgan fingerprint density at radius 1 is 0.444 bits per heavy atom. The fourth-order valence-corrected chi connectivity index (χ4v) is 5.22. The molecule has 0 saturated heterocycles. The molecule has 0 saturated carbocycles. The Hall–Kier alpha value is -0.560. The van der Waals surface area contributed by atoms with Crippen molar-refractivity contribution < 1.29 is 0 Å². The van der Waals surface area contributed by atoms with Crippen LogP contribution in [0.4, 0.5) is 0 Å². The Bertz CT molecular complexity index is 450. The van der Waals surface area contributed by atoms with Crippen molar-refractivity contribution >= 4 is 0 Å². The Morgan fingerprint density at radius 3 is 1.31 bits per heavy atom. The molecule has 1 nitrogen and oxygen atoms in total. The summed E-state index contributed by atoms with van der Waals surface area (Å²) in [5, 5.41) is 0. The van der Waals surface area contributed by atoms with E-state index in [0.717, 1.165) is 12.3 Å². The molecule has 0 bridgehead atoms. The molecule has 36 heavy (non-hydrogen) atoms. The van der Waals surface area contributed by atoms with E-state index in [1.807, 2.05) is 0 Å². The Labute approximate surface area is 230 Å². The second-order valence-corrected chi connectivity index (χ2v) is 11.8. The molecule has 0 aliphatic carbocycles. The third kappa shape index (κ3) is 29.7. The summed E-state index contributed by atoms with van der Waals surface area (Å²) in [5.41, 5.74) is 0. The van der Waals surface area contributed by atoms with E-state index in [2.05, 4.69) is 57.1 Å². The van der Waals surface area contributed by atoms with E-state index in [9.17, 15) is 0 Å². The molecular formula is C35H69N. The normalized spacial score (nSPS) is 13.0. The number of rotatable bonds is 29. The zero-order chi connectivity index (χ0) is 26.4. The van der Waals surface area contributed by atoms with Crippen LogP contribution in [0, 0.1) is 5.92 Å². The zero-order valence-electron chi connectivity index (χ0n) is 25.7. The molecule has 0 amide bonds. The lowest BCUT2D eigenvalue weighted by atomic mass is 9.91. The highest BCUT2D eigenvalue weighted by atomic mass is 15.0.